The number of carbonyl (C=O) groups excluding carboxylic acids is 2. The van der Waals surface area contributed by atoms with E-state index in [-0.39, 0.29) is 33.5 Å². The number of hydrogen-bond donors (Lipinski definition) is 4. The maximum atomic E-state index is 12.6. The summed E-state index contributed by atoms with van der Waals surface area (Å²) < 4.78 is 1.56. The third kappa shape index (κ3) is 5.85. The van der Waals surface area contributed by atoms with E-state index in [1.54, 1.807) is 36.8 Å². The van der Waals surface area contributed by atoms with Gasteiger partial charge in [-0.2, -0.15) is 0 Å². The molecule has 248 valence electrons. The number of fused-ring (bicyclic) bond motifs is 3. The Morgan fingerprint density at radius 1 is 0.604 bits per heavy atom. The largest absolute Gasteiger partial charge is 0.506 e. The minimum Gasteiger partial charge on any atom is -0.506 e. The summed E-state index contributed by atoms with van der Waals surface area (Å²) in [5.41, 5.74) is 1.61. The minimum absolute atomic E-state index is 0.0426. The Morgan fingerprint density at radius 3 is 1.60 bits per heavy atom. The van der Waals surface area contributed by atoms with Crippen molar-refractivity contribution in [1.82, 2.24) is 10.6 Å². The van der Waals surface area contributed by atoms with Crippen molar-refractivity contribution in [1.29, 1.82) is 0 Å². The molecule has 2 aromatic carbocycles. The van der Waals surface area contributed by atoms with Crippen LogP contribution in [0.2, 0.25) is 0 Å². The van der Waals surface area contributed by atoms with E-state index in [9.17, 15) is 19.8 Å². The molecule has 0 atom stereocenters. The zero-order valence-corrected chi connectivity index (χ0v) is 31.4. The van der Waals surface area contributed by atoms with E-state index in [2.05, 4.69) is 64.3 Å². The van der Waals surface area contributed by atoms with Crippen molar-refractivity contribution >= 4 is 100 Å². The predicted octanol–water partition coefficient (Wildman–Crippen LogP) is 10.0. The van der Waals surface area contributed by atoms with Crippen LogP contribution in [0.15, 0.2) is 59.7 Å². The molecule has 0 saturated heterocycles. The van der Waals surface area contributed by atoms with E-state index >= 15 is 0 Å². The number of phenols is 2. The highest BCUT2D eigenvalue weighted by Crippen LogP contribution is 2.49. The minimum atomic E-state index is -0.0471. The maximum absolute atomic E-state index is 12.6. The zero-order valence-electron chi connectivity index (χ0n) is 28.1. The fourth-order valence-corrected chi connectivity index (χ4v) is 10.3. The molecule has 4 heterocycles. The molecule has 6 nitrogen and oxygen atoms in total. The monoisotopic (exact) mass is 714 g/mol. The first kappa shape index (κ1) is 33.9. The van der Waals surface area contributed by atoms with Gasteiger partial charge < -0.3 is 20.8 Å². The van der Waals surface area contributed by atoms with Gasteiger partial charge in [-0.25, -0.2) is 0 Å². The quantitative estimate of drug-likeness (QED) is 0.0712. The number of allylic oxidation sites excluding steroid dienone is 2. The van der Waals surface area contributed by atoms with Crippen LogP contribution in [0.4, 0.5) is 0 Å². The maximum Gasteiger partial charge on any atom is 0.152 e. The number of rotatable bonds is 8. The molecule has 0 aliphatic carbocycles. The Kier molecular flexibility index (Phi) is 8.83. The van der Waals surface area contributed by atoms with E-state index in [1.165, 1.54) is 32.4 Å². The first-order valence-electron chi connectivity index (χ1n) is 15.5. The lowest BCUT2D eigenvalue weighted by Crippen LogP contribution is -2.15. The summed E-state index contributed by atoms with van der Waals surface area (Å²) in [6.45, 7) is 12.9. The van der Waals surface area contributed by atoms with E-state index in [4.69, 9.17) is 0 Å². The van der Waals surface area contributed by atoms with Gasteiger partial charge in [0.2, 0.25) is 0 Å². The van der Waals surface area contributed by atoms with Crippen molar-refractivity contribution in [2.45, 2.75) is 52.4 Å². The van der Waals surface area contributed by atoms with Crippen LogP contribution in [0.5, 0.6) is 11.5 Å². The molecule has 48 heavy (non-hydrogen) atoms. The molecule has 10 heteroatoms. The molecule has 0 spiro atoms. The van der Waals surface area contributed by atoms with Gasteiger partial charge >= 0.3 is 0 Å². The molecule has 0 fully saturated rings. The third-order valence-corrected chi connectivity index (χ3v) is 13.9. The Hall–Kier alpha value is -3.96. The second kappa shape index (κ2) is 12.5. The van der Waals surface area contributed by atoms with Gasteiger partial charge in [0.25, 0.3) is 0 Å². The number of thiophene rings is 4. The first-order valence-corrected chi connectivity index (χ1v) is 18.8. The lowest BCUT2D eigenvalue weighted by atomic mass is 9.94. The molecule has 4 aromatic heterocycles. The predicted molar refractivity (Wildman–Crippen MR) is 207 cm³/mol. The molecule has 0 aliphatic heterocycles. The highest BCUT2D eigenvalue weighted by Gasteiger charge is 2.24. The van der Waals surface area contributed by atoms with Gasteiger partial charge in [-0.15, -0.1) is 45.3 Å². The SMILES string of the molecule is CN/C(=C(C=O)\C(C=O)=C(/NC)c1ccc(C(C)(C)C)s1)c1ccc(-c2cc3cc4c(O)c5sc(C(C)(C)C)cc5cc4c(O)c3s2)s1. The van der Waals surface area contributed by atoms with E-state index in [1.807, 2.05) is 36.4 Å². The zero-order chi connectivity index (χ0) is 34.7. The molecule has 0 unspecified atom stereocenters. The standard InChI is InChI=1S/C38H38N2O4S4/c1-37(2,3)29-12-11-27(46-29)32(40-8)24(18-42)23(17-41)31(39-7)26-10-9-25(45-26)28-15-19-13-21-22(33(43)35(19)47-28)14-20-16-30(38(4,5)6)48-36(20)34(21)44/h9-18,39-40,43-44H,1-8H3/b31-23-,32-24-. The van der Waals surface area contributed by atoms with Crippen LogP contribution < -0.4 is 10.6 Å². The number of hydrogen-bond acceptors (Lipinski definition) is 10. The molecule has 0 saturated carbocycles. The average Bonchev–Trinajstić information content (AvgIpc) is 3.84. The lowest BCUT2D eigenvalue weighted by Gasteiger charge is -2.16. The van der Waals surface area contributed by atoms with Crippen LogP contribution in [-0.4, -0.2) is 36.9 Å². The van der Waals surface area contributed by atoms with Crippen LogP contribution in [0.25, 0.3) is 52.1 Å². The first-order chi connectivity index (χ1) is 22.7. The van der Waals surface area contributed by atoms with Crippen molar-refractivity contribution < 1.29 is 19.8 Å². The average molecular weight is 715 g/mol. The van der Waals surface area contributed by atoms with Gasteiger partial charge in [0.15, 0.2) is 12.6 Å². The van der Waals surface area contributed by atoms with Crippen molar-refractivity contribution in [3.8, 4) is 21.3 Å². The molecule has 0 aliphatic rings. The number of aldehydes is 2. The summed E-state index contributed by atoms with van der Waals surface area (Å²) in [6.07, 6.45) is 1.47. The molecular formula is C38H38N2O4S4. The summed E-state index contributed by atoms with van der Waals surface area (Å²) in [4.78, 5) is 31.2. The molecule has 4 N–H and O–H groups in total. The summed E-state index contributed by atoms with van der Waals surface area (Å²) >= 11 is 6.16. The van der Waals surface area contributed by atoms with Crippen LogP contribution in [0, 0.1) is 0 Å². The van der Waals surface area contributed by atoms with Crippen LogP contribution in [-0.2, 0) is 20.4 Å². The molecule has 0 bridgehead atoms. The fraction of sp³-hybridized carbons (Fsp3) is 0.263. The van der Waals surface area contributed by atoms with Gasteiger partial charge in [-0.3, -0.25) is 9.59 Å². The Morgan fingerprint density at radius 2 is 1.10 bits per heavy atom. The van der Waals surface area contributed by atoms with Crippen molar-refractivity contribution in [2.24, 2.45) is 0 Å². The van der Waals surface area contributed by atoms with E-state index in [0.717, 1.165) is 52.3 Å². The van der Waals surface area contributed by atoms with Gasteiger partial charge in [0, 0.05) is 44.4 Å². The number of benzene rings is 2. The van der Waals surface area contributed by atoms with E-state index < -0.39 is 0 Å². The van der Waals surface area contributed by atoms with Gasteiger partial charge in [0.05, 0.1) is 41.7 Å². The van der Waals surface area contributed by atoms with Crippen LogP contribution in [0.3, 0.4) is 0 Å². The highest BCUT2D eigenvalue weighted by molar-refractivity contribution is 7.26. The van der Waals surface area contributed by atoms with Gasteiger partial charge in [0.1, 0.15) is 11.5 Å². The molecule has 6 aromatic rings. The van der Waals surface area contributed by atoms with Crippen molar-refractivity contribution in [3.63, 3.8) is 0 Å². The topological polar surface area (TPSA) is 98.7 Å². The molecular weight excluding hydrogens is 677 g/mol. The van der Waals surface area contributed by atoms with Crippen LogP contribution in [0.1, 0.15) is 61.1 Å². The molecule has 0 radical (unpaired) electrons. The number of aromatic hydroxyl groups is 2. The smallest absolute Gasteiger partial charge is 0.152 e. The second-order valence-corrected chi connectivity index (χ2v) is 18.0. The Balaban J connectivity index is 1.44. The second-order valence-electron chi connectivity index (χ2n) is 13.7. The number of carbonyl (C=O) groups is 2. The highest BCUT2D eigenvalue weighted by atomic mass is 32.1. The van der Waals surface area contributed by atoms with E-state index in [0.29, 0.717) is 22.2 Å². The van der Waals surface area contributed by atoms with Gasteiger partial charge in [-0.1, -0.05) is 41.5 Å². The van der Waals surface area contributed by atoms with Crippen LogP contribution >= 0.6 is 45.3 Å². The Bertz CT molecular complexity index is 2300. The fourth-order valence-electron chi connectivity index (χ4n) is 5.76. The molecule has 6 rings (SSSR count). The summed E-state index contributed by atoms with van der Waals surface area (Å²) in [7, 11) is 3.50. The Labute approximate surface area is 296 Å². The summed E-state index contributed by atoms with van der Waals surface area (Å²) in [5.74, 6) is 0.340. The summed E-state index contributed by atoms with van der Waals surface area (Å²) in [5, 5.41) is 32.1. The van der Waals surface area contributed by atoms with Gasteiger partial charge in [-0.05, 0) is 70.1 Å². The van der Waals surface area contributed by atoms with Crippen molar-refractivity contribution in [3.05, 3.63) is 79.2 Å². The summed E-state index contributed by atoms with van der Waals surface area (Å²) in [6, 6.07) is 16.0. The lowest BCUT2D eigenvalue weighted by molar-refractivity contribution is -0.107. The normalized spacial score (nSPS) is 13.6. The number of nitrogens with one attached hydrogen (secondary N) is 2. The van der Waals surface area contributed by atoms with Crippen molar-refractivity contribution in [2.75, 3.05) is 14.1 Å². The number of phenolic OH excluding ortho intramolecular Hbond substituents is 2. The molecule has 0 amide bonds. The third-order valence-electron chi connectivity index (χ3n) is 8.34.